The molecule has 2 heterocycles. The van der Waals surface area contributed by atoms with Crippen molar-refractivity contribution in [3.8, 4) is 5.88 Å². The van der Waals surface area contributed by atoms with Gasteiger partial charge in [0.1, 0.15) is 0 Å². The van der Waals surface area contributed by atoms with E-state index in [4.69, 9.17) is 4.74 Å². The molecule has 1 saturated heterocycles. The van der Waals surface area contributed by atoms with Gasteiger partial charge < -0.3 is 15.0 Å². The molecular weight excluding hydrogens is 425 g/mol. The Bertz CT molecular complexity index is 988. The molecule has 3 rings (SSSR count). The van der Waals surface area contributed by atoms with Crippen LogP contribution >= 0.6 is 0 Å². The van der Waals surface area contributed by atoms with Crippen LogP contribution in [0.3, 0.4) is 0 Å². The number of nitrogens with one attached hydrogen (secondary N) is 1. The summed E-state index contributed by atoms with van der Waals surface area (Å²) < 4.78 is 69.5. The molecule has 8 nitrogen and oxygen atoms in total. The number of methoxy groups -OCH3 is 1. The Balaban J connectivity index is 1.60. The highest BCUT2D eigenvalue weighted by molar-refractivity contribution is 7.89. The van der Waals surface area contributed by atoms with Crippen LogP contribution in [0.25, 0.3) is 0 Å². The molecule has 1 aliphatic rings. The van der Waals surface area contributed by atoms with Crippen molar-refractivity contribution in [1.82, 2.24) is 14.2 Å². The molecule has 2 aromatic rings. The van der Waals surface area contributed by atoms with Crippen molar-refractivity contribution in [2.45, 2.75) is 11.1 Å². The Labute approximate surface area is 171 Å². The molecule has 1 N–H and O–H groups in total. The number of benzene rings is 1. The van der Waals surface area contributed by atoms with Gasteiger partial charge in [-0.1, -0.05) is 0 Å². The summed E-state index contributed by atoms with van der Waals surface area (Å²) in [6.07, 6.45) is -3.11. The number of nitrogens with zero attached hydrogens (tertiary/aromatic N) is 3. The van der Waals surface area contributed by atoms with Crippen LogP contribution in [0.2, 0.25) is 0 Å². The summed E-state index contributed by atoms with van der Waals surface area (Å²) >= 11 is 0. The first-order valence-corrected chi connectivity index (χ1v) is 10.3. The zero-order chi connectivity index (χ0) is 21.9. The van der Waals surface area contributed by atoms with Crippen molar-refractivity contribution in [2.24, 2.45) is 0 Å². The monoisotopic (exact) mass is 444 g/mol. The molecular formula is C18H19F3N4O4S. The minimum absolute atomic E-state index is 0.0254. The summed E-state index contributed by atoms with van der Waals surface area (Å²) in [5.41, 5.74) is -0.462. The van der Waals surface area contributed by atoms with Gasteiger partial charge in [0, 0.05) is 32.2 Å². The fourth-order valence-electron chi connectivity index (χ4n) is 2.87. The van der Waals surface area contributed by atoms with E-state index in [0.29, 0.717) is 11.6 Å². The minimum Gasteiger partial charge on any atom is -0.481 e. The third-order valence-corrected chi connectivity index (χ3v) is 6.45. The Hall–Kier alpha value is -2.86. The fourth-order valence-corrected chi connectivity index (χ4v) is 4.30. The lowest BCUT2D eigenvalue weighted by Gasteiger charge is -2.34. The van der Waals surface area contributed by atoms with Crippen LogP contribution in [0.4, 0.5) is 23.7 Å². The largest absolute Gasteiger partial charge is 0.481 e. The Kier molecular flexibility index (Phi) is 6.17. The van der Waals surface area contributed by atoms with Gasteiger partial charge in [0.2, 0.25) is 15.9 Å². The number of pyridine rings is 1. The van der Waals surface area contributed by atoms with Gasteiger partial charge in [-0.15, -0.1) is 0 Å². The SMILES string of the molecule is COc1ccc(NC(=O)N2CCN(S(=O)(=O)c3ccc(C(F)(F)F)cc3)CC2)cn1. The molecule has 1 aromatic carbocycles. The molecule has 1 aliphatic heterocycles. The van der Waals surface area contributed by atoms with E-state index in [0.717, 1.165) is 28.6 Å². The Morgan fingerprint density at radius 3 is 2.20 bits per heavy atom. The van der Waals surface area contributed by atoms with E-state index in [-0.39, 0.29) is 31.1 Å². The van der Waals surface area contributed by atoms with E-state index in [1.165, 1.54) is 18.2 Å². The summed E-state index contributed by atoms with van der Waals surface area (Å²) in [6, 6.07) is 6.15. The standard InChI is InChI=1S/C18H19F3N4O4S/c1-29-16-7-4-14(12-22-16)23-17(26)24-8-10-25(11-9-24)30(27,28)15-5-2-13(3-6-15)18(19,20)21/h2-7,12H,8-11H2,1H3,(H,23,26). The first kappa shape index (κ1) is 21.8. The van der Waals surface area contributed by atoms with Gasteiger partial charge in [0.25, 0.3) is 0 Å². The van der Waals surface area contributed by atoms with Crippen molar-refractivity contribution in [3.05, 3.63) is 48.2 Å². The number of anilines is 1. The lowest BCUT2D eigenvalue weighted by atomic mass is 10.2. The fraction of sp³-hybridized carbons (Fsp3) is 0.333. The predicted octanol–water partition coefficient (Wildman–Crippen LogP) is 2.65. The van der Waals surface area contributed by atoms with Crippen molar-refractivity contribution in [1.29, 1.82) is 0 Å². The maximum absolute atomic E-state index is 12.7. The number of halogens is 3. The zero-order valence-corrected chi connectivity index (χ0v) is 16.7. The van der Waals surface area contributed by atoms with Crippen molar-refractivity contribution in [2.75, 3.05) is 38.6 Å². The molecule has 2 amide bonds. The highest BCUT2D eigenvalue weighted by Gasteiger charge is 2.33. The lowest BCUT2D eigenvalue weighted by molar-refractivity contribution is -0.137. The molecule has 12 heteroatoms. The molecule has 162 valence electrons. The van der Waals surface area contributed by atoms with Crippen LogP contribution < -0.4 is 10.1 Å². The molecule has 0 atom stereocenters. The van der Waals surface area contributed by atoms with Crippen LogP contribution in [0.5, 0.6) is 5.88 Å². The number of amides is 2. The molecule has 0 bridgehead atoms. The van der Waals surface area contributed by atoms with Gasteiger partial charge in [0.15, 0.2) is 0 Å². The summed E-state index contributed by atoms with van der Waals surface area (Å²) in [5.74, 6) is 0.398. The van der Waals surface area contributed by atoms with Crippen molar-refractivity contribution >= 4 is 21.7 Å². The van der Waals surface area contributed by atoms with Crippen LogP contribution in [-0.2, 0) is 16.2 Å². The van der Waals surface area contributed by atoms with Crippen molar-refractivity contribution in [3.63, 3.8) is 0 Å². The van der Waals surface area contributed by atoms with Gasteiger partial charge in [-0.2, -0.15) is 17.5 Å². The second kappa shape index (κ2) is 8.48. The number of alkyl halides is 3. The first-order valence-electron chi connectivity index (χ1n) is 8.84. The van der Waals surface area contributed by atoms with Gasteiger partial charge >= 0.3 is 12.2 Å². The number of ether oxygens (including phenoxy) is 1. The number of carbonyl (C=O) groups is 1. The normalized spacial score (nSPS) is 15.7. The Morgan fingerprint density at radius 2 is 1.70 bits per heavy atom. The summed E-state index contributed by atoms with van der Waals surface area (Å²) in [5, 5.41) is 2.66. The van der Waals surface area contributed by atoms with E-state index < -0.39 is 27.8 Å². The molecule has 0 unspecified atom stereocenters. The summed E-state index contributed by atoms with van der Waals surface area (Å²) in [6.45, 7) is 0.319. The van der Waals surface area contributed by atoms with Crippen LogP contribution in [0, 0.1) is 0 Å². The lowest BCUT2D eigenvalue weighted by Crippen LogP contribution is -2.51. The third kappa shape index (κ3) is 4.82. The molecule has 0 aliphatic carbocycles. The number of rotatable bonds is 4. The average Bonchev–Trinajstić information content (AvgIpc) is 2.74. The van der Waals surface area contributed by atoms with Crippen molar-refractivity contribution < 1.29 is 31.1 Å². The number of aromatic nitrogens is 1. The van der Waals surface area contributed by atoms with Crippen LogP contribution in [-0.4, -0.2) is 61.9 Å². The van der Waals surface area contributed by atoms with E-state index in [1.54, 1.807) is 12.1 Å². The quantitative estimate of drug-likeness (QED) is 0.783. The van der Waals surface area contributed by atoms with Gasteiger partial charge in [-0.25, -0.2) is 18.2 Å². The highest BCUT2D eigenvalue weighted by Crippen LogP contribution is 2.30. The summed E-state index contributed by atoms with van der Waals surface area (Å²) in [4.78, 5) is 17.6. The van der Waals surface area contributed by atoms with Crippen LogP contribution in [0.15, 0.2) is 47.5 Å². The van der Waals surface area contributed by atoms with Gasteiger partial charge in [0.05, 0.1) is 29.5 Å². The summed E-state index contributed by atoms with van der Waals surface area (Å²) in [7, 11) is -2.49. The number of hydrogen-bond donors (Lipinski definition) is 1. The van der Waals surface area contributed by atoms with Gasteiger partial charge in [-0.05, 0) is 30.3 Å². The minimum atomic E-state index is -4.54. The highest BCUT2D eigenvalue weighted by atomic mass is 32.2. The molecule has 0 spiro atoms. The smallest absolute Gasteiger partial charge is 0.416 e. The second-order valence-electron chi connectivity index (χ2n) is 6.43. The van der Waals surface area contributed by atoms with E-state index >= 15 is 0 Å². The van der Waals surface area contributed by atoms with Crippen LogP contribution in [0.1, 0.15) is 5.56 Å². The molecule has 0 radical (unpaired) electrons. The second-order valence-corrected chi connectivity index (χ2v) is 8.37. The maximum Gasteiger partial charge on any atom is 0.416 e. The number of hydrogen-bond acceptors (Lipinski definition) is 5. The number of carbonyl (C=O) groups excluding carboxylic acids is 1. The first-order chi connectivity index (χ1) is 14.1. The average molecular weight is 444 g/mol. The zero-order valence-electron chi connectivity index (χ0n) is 15.9. The topological polar surface area (TPSA) is 91.8 Å². The van der Waals surface area contributed by atoms with E-state index in [1.807, 2.05) is 0 Å². The number of piperazine rings is 1. The number of urea groups is 1. The molecule has 30 heavy (non-hydrogen) atoms. The Morgan fingerprint density at radius 1 is 1.07 bits per heavy atom. The molecule has 1 aromatic heterocycles. The van der Waals surface area contributed by atoms with E-state index in [2.05, 4.69) is 10.3 Å². The maximum atomic E-state index is 12.7. The van der Waals surface area contributed by atoms with Gasteiger partial charge in [-0.3, -0.25) is 0 Å². The molecule has 1 fully saturated rings. The van der Waals surface area contributed by atoms with E-state index in [9.17, 15) is 26.4 Å². The third-order valence-electron chi connectivity index (χ3n) is 4.54. The number of sulfonamides is 1. The molecule has 0 saturated carbocycles. The predicted molar refractivity (Wildman–Crippen MR) is 102 cm³/mol.